The number of hydrogen-bond donors (Lipinski definition) is 1. The number of carbonyl (C=O) groups excluding carboxylic acids is 1. The topological polar surface area (TPSA) is 49.0 Å². The molecular formula is C14H15N3O. The second-order valence-corrected chi connectivity index (χ2v) is 4.66. The molecule has 3 rings (SSSR count). The summed E-state index contributed by atoms with van der Waals surface area (Å²) in [6.07, 6.45) is 3.84. The van der Waals surface area contributed by atoms with Crippen molar-refractivity contribution in [1.82, 2.24) is 14.9 Å². The van der Waals surface area contributed by atoms with Crippen molar-refractivity contribution in [2.75, 3.05) is 7.05 Å². The third kappa shape index (κ3) is 2.01. The van der Waals surface area contributed by atoms with Gasteiger partial charge in [-0.3, -0.25) is 4.79 Å². The normalized spacial score (nSPS) is 14.5. The zero-order valence-electron chi connectivity index (χ0n) is 10.3. The highest BCUT2D eigenvalue weighted by Crippen LogP contribution is 2.26. The van der Waals surface area contributed by atoms with Gasteiger partial charge < -0.3 is 9.88 Å². The van der Waals surface area contributed by atoms with E-state index in [0.717, 1.165) is 24.2 Å². The van der Waals surface area contributed by atoms with E-state index in [1.165, 1.54) is 0 Å². The number of imidazole rings is 1. The van der Waals surface area contributed by atoms with Gasteiger partial charge in [-0.05, 0) is 12.8 Å². The molecule has 0 aliphatic heterocycles. The van der Waals surface area contributed by atoms with Crippen molar-refractivity contribution in [3.05, 3.63) is 42.2 Å². The lowest BCUT2D eigenvalue weighted by Crippen LogP contribution is -2.28. The lowest BCUT2D eigenvalue weighted by Gasteiger charge is -2.14. The van der Waals surface area contributed by atoms with Crippen molar-refractivity contribution in [2.45, 2.75) is 18.9 Å². The lowest BCUT2D eigenvalue weighted by atomic mass is 10.2. The van der Waals surface area contributed by atoms with Crippen molar-refractivity contribution in [3.63, 3.8) is 0 Å². The maximum atomic E-state index is 12.1. The third-order valence-electron chi connectivity index (χ3n) is 3.27. The highest BCUT2D eigenvalue weighted by molar-refractivity contribution is 5.93. The number of nitrogens with zero attached hydrogens (tertiary/aromatic N) is 2. The fraction of sp³-hybridized carbons (Fsp3) is 0.286. The molecule has 1 amide bonds. The minimum atomic E-state index is 0.0205. The Labute approximate surface area is 106 Å². The van der Waals surface area contributed by atoms with Crippen LogP contribution in [-0.4, -0.2) is 33.9 Å². The summed E-state index contributed by atoms with van der Waals surface area (Å²) in [5.74, 6) is 0.760. The van der Waals surface area contributed by atoms with E-state index in [0.29, 0.717) is 11.7 Å². The number of benzene rings is 1. The number of rotatable bonds is 3. The average Bonchev–Trinajstić information content (AvgIpc) is 3.15. The summed E-state index contributed by atoms with van der Waals surface area (Å²) < 4.78 is 0. The van der Waals surface area contributed by atoms with Crippen molar-refractivity contribution >= 4 is 5.91 Å². The first-order valence-corrected chi connectivity index (χ1v) is 6.13. The molecule has 1 saturated carbocycles. The Morgan fingerprint density at radius 3 is 2.72 bits per heavy atom. The fourth-order valence-corrected chi connectivity index (χ4v) is 1.99. The average molecular weight is 241 g/mol. The second kappa shape index (κ2) is 4.29. The maximum Gasteiger partial charge on any atom is 0.271 e. The zero-order valence-corrected chi connectivity index (χ0v) is 10.3. The highest BCUT2D eigenvalue weighted by atomic mass is 16.2. The van der Waals surface area contributed by atoms with Crippen LogP contribution in [0.15, 0.2) is 36.5 Å². The van der Waals surface area contributed by atoms with E-state index < -0.39 is 0 Å². The summed E-state index contributed by atoms with van der Waals surface area (Å²) in [5, 5.41) is 0. The number of amides is 1. The van der Waals surface area contributed by atoms with Crippen LogP contribution in [0.1, 0.15) is 23.3 Å². The number of hydrogen-bond acceptors (Lipinski definition) is 2. The smallest absolute Gasteiger partial charge is 0.271 e. The Kier molecular flexibility index (Phi) is 2.63. The van der Waals surface area contributed by atoms with Gasteiger partial charge in [0, 0.05) is 18.7 Å². The Hall–Kier alpha value is -2.10. The van der Waals surface area contributed by atoms with Crippen molar-refractivity contribution in [1.29, 1.82) is 0 Å². The molecule has 4 heteroatoms. The summed E-state index contributed by atoms with van der Waals surface area (Å²) in [5.41, 5.74) is 1.55. The van der Waals surface area contributed by atoms with Crippen LogP contribution < -0.4 is 0 Å². The van der Waals surface area contributed by atoms with E-state index in [-0.39, 0.29) is 5.91 Å². The van der Waals surface area contributed by atoms with E-state index in [2.05, 4.69) is 9.97 Å². The van der Waals surface area contributed by atoms with E-state index in [9.17, 15) is 4.79 Å². The minimum absolute atomic E-state index is 0.0205. The van der Waals surface area contributed by atoms with E-state index >= 15 is 0 Å². The molecule has 2 aromatic rings. The first kappa shape index (κ1) is 11.0. The Balaban J connectivity index is 1.83. The molecule has 92 valence electrons. The number of nitrogens with one attached hydrogen (secondary N) is 1. The minimum Gasteiger partial charge on any atom is -0.337 e. The number of aromatic nitrogens is 2. The van der Waals surface area contributed by atoms with Gasteiger partial charge in [-0.2, -0.15) is 0 Å². The van der Waals surface area contributed by atoms with Crippen LogP contribution in [0.3, 0.4) is 0 Å². The van der Waals surface area contributed by atoms with Crippen LogP contribution in [-0.2, 0) is 0 Å². The van der Waals surface area contributed by atoms with E-state index in [1.807, 2.05) is 37.4 Å². The van der Waals surface area contributed by atoms with Gasteiger partial charge in [0.15, 0.2) is 0 Å². The van der Waals surface area contributed by atoms with Gasteiger partial charge in [-0.15, -0.1) is 0 Å². The standard InChI is InChI=1S/C14H15N3O/c1-17(11-7-8-11)14(18)12-9-15-13(16-12)10-5-3-2-4-6-10/h2-6,9,11H,7-8H2,1H3,(H,15,16). The Morgan fingerprint density at radius 2 is 2.06 bits per heavy atom. The van der Waals surface area contributed by atoms with Gasteiger partial charge in [-0.1, -0.05) is 30.3 Å². The highest BCUT2D eigenvalue weighted by Gasteiger charge is 2.30. The molecule has 0 spiro atoms. The quantitative estimate of drug-likeness (QED) is 0.896. The monoisotopic (exact) mass is 241 g/mol. The predicted octanol–water partition coefficient (Wildman–Crippen LogP) is 2.31. The third-order valence-corrected chi connectivity index (χ3v) is 3.27. The van der Waals surface area contributed by atoms with Gasteiger partial charge >= 0.3 is 0 Å². The van der Waals surface area contributed by atoms with E-state index in [4.69, 9.17) is 0 Å². The second-order valence-electron chi connectivity index (χ2n) is 4.66. The molecule has 1 heterocycles. The first-order chi connectivity index (χ1) is 8.75. The fourth-order valence-electron chi connectivity index (χ4n) is 1.99. The molecule has 1 aliphatic carbocycles. The van der Waals surface area contributed by atoms with Crippen LogP contribution in [0.5, 0.6) is 0 Å². The molecule has 0 bridgehead atoms. The van der Waals surface area contributed by atoms with Crippen molar-refractivity contribution in [3.8, 4) is 11.4 Å². The number of carbonyl (C=O) groups is 1. The SMILES string of the molecule is CN(C(=O)c1cnc(-c2ccccc2)[nH]1)C1CC1. The molecular weight excluding hydrogens is 226 g/mol. The summed E-state index contributed by atoms with van der Waals surface area (Å²) in [7, 11) is 1.85. The van der Waals surface area contributed by atoms with Crippen LogP contribution in [0.25, 0.3) is 11.4 Å². The van der Waals surface area contributed by atoms with Crippen molar-refractivity contribution < 1.29 is 4.79 Å². The molecule has 1 aromatic heterocycles. The summed E-state index contributed by atoms with van der Waals surface area (Å²) in [6, 6.07) is 10.2. The molecule has 1 fully saturated rings. The molecule has 18 heavy (non-hydrogen) atoms. The number of H-pyrrole nitrogens is 1. The molecule has 4 nitrogen and oxygen atoms in total. The molecule has 1 aliphatic rings. The van der Waals surface area contributed by atoms with Crippen LogP contribution >= 0.6 is 0 Å². The van der Waals surface area contributed by atoms with Crippen LogP contribution in [0, 0.1) is 0 Å². The summed E-state index contributed by atoms with van der Waals surface area (Å²) in [4.78, 5) is 21.3. The van der Waals surface area contributed by atoms with Gasteiger partial charge in [0.1, 0.15) is 11.5 Å². The van der Waals surface area contributed by atoms with Gasteiger partial charge in [0.25, 0.3) is 5.91 Å². The van der Waals surface area contributed by atoms with Crippen LogP contribution in [0.4, 0.5) is 0 Å². The summed E-state index contributed by atoms with van der Waals surface area (Å²) in [6.45, 7) is 0. The predicted molar refractivity (Wildman–Crippen MR) is 69.1 cm³/mol. The van der Waals surface area contributed by atoms with Gasteiger partial charge in [-0.25, -0.2) is 4.98 Å². The molecule has 0 saturated heterocycles. The molecule has 0 unspecified atom stereocenters. The first-order valence-electron chi connectivity index (χ1n) is 6.13. The summed E-state index contributed by atoms with van der Waals surface area (Å²) >= 11 is 0. The van der Waals surface area contributed by atoms with E-state index in [1.54, 1.807) is 11.1 Å². The number of aromatic amines is 1. The van der Waals surface area contributed by atoms with Crippen LogP contribution in [0.2, 0.25) is 0 Å². The van der Waals surface area contributed by atoms with Crippen molar-refractivity contribution in [2.24, 2.45) is 0 Å². The molecule has 0 radical (unpaired) electrons. The largest absolute Gasteiger partial charge is 0.337 e. The maximum absolute atomic E-state index is 12.1. The Bertz CT molecular complexity index is 557. The van der Waals surface area contributed by atoms with Gasteiger partial charge in [0.05, 0.1) is 6.20 Å². The lowest BCUT2D eigenvalue weighted by molar-refractivity contribution is 0.0780. The zero-order chi connectivity index (χ0) is 12.5. The Morgan fingerprint density at radius 1 is 1.33 bits per heavy atom. The van der Waals surface area contributed by atoms with Gasteiger partial charge in [0.2, 0.25) is 0 Å². The molecule has 1 aromatic carbocycles. The molecule has 0 atom stereocenters. The molecule has 1 N–H and O–H groups in total.